The average molecular weight is 357 g/mol. The zero-order valence-corrected chi connectivity index (χ0v) is 13.8. The molecule has 2 aromatic heterocycles. The number of ether oxygens (including phenoxy) is 1. The number of carbonyl (C=O) groups excluding carboxylic acids is 1. The van der Waals surface area contributed by atoms with Gasteiger partial charge in [-0.2, -0.15) is 9.78 Å². The van der Waals surface area contributed by atoms with Crippen molar-refractivity contribution in [2.75, 3.05) is 6.61 Å². The second-order valence-corrected chi connectivity index (χ2v) is 5.19. The summed E-state index contributed by atoms with van der Waals surface area (Å²) in [5.74, 6) is -0.683. The first-order valence-electron chi connectivity index (χ1n) is 7.70. The highest BCUT2D eigenvalue weighted by Crippen LogP contribution is 2.15. The number of rotatable bonds is 6. The maximum atomic E-state index is 11.8. The van der Waals surface area contributed by atoms with Crippen LogP contribution in [0.2, 0.25) is 0 Å². The van der Waals surface area contributed by atoms with E-state index in [1.165, 1.54) is 27.6 Å². The van der Waals surface area contributed by atoms with Crippen LogP contribution < -0.4 is 5.62 Å². The van der Waals surface area contributed by atoms with Crippen LogP contribution in [0.3, 0.4) is 0 Å². The number of hydrogen-bond donors (Lipinski definition) is 1. The Balaban J connectivity index is 2.01. The average Bonchev–Trinajstić information content (AvgIpc) is 3.18. The van der Waals surface area contributed by atoms with Gasteiger partial charge in [-0.05, 0) is 25.1 Å². The van der Waals surface area contributed by atoms with Crippen molar-refractivity contribution < 1.29 is 18.9 Å². The second-order valence-electron chi connectivity index (χ2n) is 5.19. The van der Waals surface area contributed by atoms with Crippen LogP contribution in [-0.2, 0) is 16.1 Å². The van der Waals surface area contributed by atoms with Gasteiger partial charge in [0.2, 0.25) is 5.62 Å². The highest BCUT2D eigenvalue weighted by atomic mass is 16.6. The van der Waals surface area contributed by atoms with Crippen LogP contribution in [0.5, 0.6) is 0 Å². The molecule has 0 saturated heterocycles. The van der Waals surface area contributed by atoms with Crippen LogP contribution in [0.25, 0.3) is 11.0 Å². The molecule has 0 amide bonds. The first-order valence-corrected chi connectivity index (χ1v) is 7.70. The first-order chi connectivity index (χ1) is 12.5. The van der Waals surface area contributed by atoms with Gasteiger partial charge < -0.3 is 9.15 Å². The molecule has 10 nitrogen and oxygen atoms in total. The highest BCUT2D eigenvalue weighted by Gasteiger charge is 2.14. The number of imidazole rings is 1. The molecule has 0 unspecified atom stereocenters. The quantitative estimate of drug-likeness (QED) is 0.312. The van der Waals surface area contributed by atoms with E-state index in [1.807, 2.05) is 0 Å². The van der Waals surface area contributed by atoms with E-state index in [0.29, 0.717) is 11.0 Å². The van der Waals surface area contributed by atoms with E-state index < -0.39 is 16.8 Å². The molecule has 0 saturated carbocycles. The topological polar surface area (TPSA) is 129 Å². The van der Waals surface area contributed by atoms with Crippen molar-refractivity contribution in [2.24, 2.45) is 5.10 Å². The fraction of sp³-hybridized carbons (Fsp3) is 0.188. The number of fused-ring (bicyclic) bond motifs is 1. The molecule has 1 aromatic carbocycles. The van der Waals surface area contributed by atoms with E-state index in [4.69, 9.17) is 14.6 Å². The number of hydrogen-bond acceptors (Lipinski definition) is 7. The Kier molecular flexibility index (Phi) is 4.65. The lowest BCUT2D eigenvalue weighted by Crippen LogP contribution is -2.26. The Morgan fingerprint density at radius 3 is 2.73 bits per heavy atom. The Labute approximate surface area is 146 Å². The smallest absolute Gasteiger partial charge is 0.433 e. The van der Waals surface area contributed by atoms with Gasteiger partial charge in [0.15, 0.2) is 5.76 Å². The number of aromatic nitrogens is 2. The van der Waals surface area contributed by atoms with Crippen LogP contribution in [0.1, 0.15) is 12.7 Å². The van der Waals surface area contributed by atoms with Gasteiger partial charge in [0.05, 0.1) is 29.9 Å². The molecule has 2 heterocycles. The van der Waals surface area contributed by atoms with Crippen molar-refractivity contribution in [1.29, 1.82) is 5.41 Å². The summed E-state index contributed by atoms with van der Waals surface area (Å²) in [6.07, 6.45) is 1.27. The number of nitrogens with one attached hydrogen (secondary N) is 1. The molecule has 26 heavy (non-hydrogen) atoms. The molecule has 134 valence electrons. The first kappa shape index (κ1) is 17.1. The zero-order valence-electron chi connectivity index (χ0n) is 13.8. The van der Waals surface area contributed by atoms with Crippen molar-refractivity contribution in [3.05, 3.63) is 57.9 Å². The maximum Gasteiger partial charge on any atom is 0.433 e. The van der Waals surface area contributed by atoms with Crippen LogP contribution in [0, 0.1) is 15.5 Å². The summed E-state index contributed by atoms with van der Waals surface area (Å²) in [7, 11) is 0. The SMILES string of the molecule is CCOC(=O)Cn1c(=N)n(N=Cc2ccc([N+](=O)[O-])o2)c2ccccc21. The van der Waals surface area contributed by atoms with Gasteiger partial charge in [-0.25, -0.2) is 0 Å². The molecule has 10 heteroatoms. The lowest BCUT2D eigenvalue weighted by Gasteiger charge is -2.03. The summed E-state index contributed by atoms with van der Waals surface area (Å²) >= 11 is 0. The predicted octanol–water partition coefficient (Wildman–Crippen LogP) is 1.87. The number of nitro groups is 1. The van der Waals surface area contributed by atoms with Crippen LogP contribution in [0.4, 0.5) is 5.88 Å². The van der Waals surface area contributed by atoms with Crippen molar-refractivity contribution in [2.45, 2.75) is 13.5 Å². The van der Waals surface area contributed by atoms with Crippen molar-refractivity contribution in [1.82, 2.24) is 9.24 Å². The molecular formula is C16H15N5O5. The van der Waals surface area contributed by atoms with Crippen LogP contribution in [-0.4, -0.2) is 33.0 Å². The van der Waals surface area contributed by atoms with Crippen molar-refractivity contribution >= 4 is 29.1 Å². The molecule has 0 aliphatic rings. The van der Waals surface area contributed by atoms with Gasteiger partial charge in [0.25, 0.3) is 0 Å². The zero-order chi connectivity index (χ0) is 18.7. The normalized spacial score (nSPS) is 11.3. The largest absolute Gasteiger partial charge is 0.465 e. The number of furan rings is 1. The van der Waals surface area contributed by atoms with Gasteiger partial charge in [0, 0.05) is 0 Å². The van der Waals surface area contributed by atoms with E-state index in [1.54, 1.807) is 31.2 Å². The van der Waals surface area contributed by atoms with Crippen molar-refractivity contribution in [3.63, 3.8) is 0 Å². The Morgan fingerprint density at radius 1 is 1.35 bits per heavy atom. The minimum atomic E-state index is -0.647. The monoisotopic (exact) mass is 357 g/mol. The number of benzene rings is 1. The van der Waals surface area contributed by atoms with Gasteiger partial charge in [-0.15, -0.1) is 0 Å². The Hall–Kier alpha value is -3.69. The molecule has 0 radical (unpaired) electrons. The Bertz CT molecular complexity index is 1060. The second kappa shape index (κ2) is 7.05. The summed E-state index contributed by atoms with van der Waals surface area (Å²) in [6.45, 7) is 1.84. The fourth-order valence-electron chi connectivity index (χ4n) is 2.45. The lowest BCUT2D eigenvalue weighted by molar-refractivity contribution is -0.402. The lowest BCUT2D eigenvalue weighted by atomic mass is 10.3. The van der Waals surface area contributed by atoms with Crippen molar-refractivity contribution in [3.8, 4) is 0 Å². The van der Waals surface area contributed by atoms with Crippen LogP contribution >= 0.6 is 0 Å². The highest BCUT2D eigenvalue weighted by molar-refractivity contribution is 5.80. The minimum Gasteiger partial charge on any atom is -0.465 e. The maximum absolute atomic E-state index is 11.8. The molecule has 0 spiro atoms. The summed E-state index contributed by atoms with van der Waals surface area (Å²) in [5, 5.41) is 23.1. The third-order valence-electron chi connectivity index (χ3n) is 3.54. The van der Waals surface area contributed by atoms with Gasteiger partial charge >= 0.3 is 11.9 Å². The molecule has 0 atom stereocenters. The molecule has 3 rings (SSSR count). The van der Waals surface area contributed by atoms with Gasteiger partial charge in [-0.3, -0.25) is 24.9 Å². The molecule has 0 fully saturated rings. The predicted molar refractivity (Wildman–Crippen MR) is 90.8 cm³/mol. The van der Waals surface area contributed by atoms with E-state index in [-0.39, 0.29) is 24.5 Å². The van der Waals surface area contributed by atoms with E-state index in [2.05, 4.69) is 5.10 Å². The molecule has 0 aliphatic heterocycles. The van der Waals surface area contributed by atoms with E-state index in [9.17, 15) is 14.9 Å². The van der Waals surface area contributed by atoms with E-state index in [0.717, 1.165) is 0 Å². The number of carbonyl (C=O) groups is 1. The van der Waals surface area contributed by atoms with Gasteiger partial charge in [-0.1, -0.05) is 12.1 Å². The summed E-state index contributed by atoms with van der Waals surface area (Å²) in [5.41, 5.74) is 1.18. The van der Waals surface area contributed by atoms with Crippen LogP contribution in [0.15, 0.2) is 45.9 Å². The number of esters is 1. The molecule has 3 aromatic rings. The molecule has 0 bridgehead atoms. The molecule has 0 aliphatic carbocycles. The Morgan fingerprint density at radius 2 is 2.08 bits per heavy atom. The number of nitrogens with zero attached hydrogens (tertiary/aromatic N) is 4. The summed E-state index contributed by atoms with van der Waals surface area (Å²) < 4.78 is 12.7. The number of para-hydroxylation sites is 2. The molecule has 1 N–H and O–H groups in total. The molecular weight excluding hydrogens is 342 g/mol. The standard InChI is InChI=1S/C16H15N5O5/c1-2-25-15(22)10-19-12-5-3-4-6-13(12)20(16(19)17)18-9-11-7-8-14(26-11)21(23)24/h3-9,17H,2,10H2,1H3. The van der Waals surface area contributed by atoms with Gasteiger partial charge in [0.1, 0.15) is 11.5 Å². The minimum absolute atomic E-state index is 0.0449. The summed E-state index contributed by atoms with van der Waals surface area (Å²) in [4.78, 5) is 21.8. The summed E-state index contributed by atoms with van der Waals surface area (Å²) in [6, 6.07) is 9.70. The third-order valence-corrected chi connectivity index (χ3v) is 3.54. The third kappa shape index (κ3) is 3.24. The van der Waals surface area contributed by atoms with E-state index >= 15 is 0 Å². The fourth-order valence-corrected chi connectivity index (χ4v) is 2.45.